The molecule has 9 heteroatoms. The molecule has 0 aromatic carbocycles. The van der Waals surface area contributed by atoms with E-state index in [1.54, 1.807) is 6.92 Å². The van der Waals surface area contributed by atoms with Crippen molar-refractivity contribution in [3.05, 3.63) is 17.6 Å². The van der Waals surface area contributed by atoms with Gasteiger partial charge in [0.1, 0.15) is 5.82 Å². The second-order valence-corrected chi connectivity index (χ2v) is 10.8. The van der Waals surface area contributed by atoms with Crippen LogP contribution >= 0.6 is 11.8 Å². The van der Waals surface area contributed by atoms with Gasteiger partial charge in [0.25, 0.3) is 0 Å². The monoisotopic (exact) mass is 428 g/mol. The number of nitrogens with one attached hydrogen (secondary N) is 2. The maximum atomic E-state index is 12.7. The zero-order valence-corrected chi connectivity index (χ0v) is 18.5. The lowest BCUT2D eigenvalue weighted by Gasteiger charge is -2.56. The summed E-state index contributed by atoms with van der Waals surface area (Å²) in [6.45, 7) is 5.57. The fourth-order valence-corrected chi connectivity index (χ4v) is 7.14. The van der Waals surface area contributed by atoms with Gasteiger partial charge in [-0.25, -0.2) is 9.78 Å². The molecule has 1 atom stereocenters. The second kappa shape index (κ2) is 7.21. The van der Waals surface area contributed by atoms with Crippen LogP contribution in [0.4, 0.5) is 4.79 Å². The van der Waals surface area contributed by atoms with Gasteiger partial charge >= 0.3 is 6.03 Å². The fraction of sp³-hybridized carbons (Fsp3) is 0.667. The van der Waals surface area contributed by atoms with Crippen LogP contribution in [0.15, 0.2) is 11.2 Å². The highest BCUT2D eigenvalue weighted by Crippen LogP contribution is 2.55. The highest BCUT2D eigenvalue weighted by Gasteiger charge is 2.51. The molecule has 30 heavy (non-hydrogen) atoms. The predicted molar refractivity (Wildman–Crippen MR) is 113 cm³/mol. The Morgan fingerprint density at radius 3 is 2.40 bits per heavy atom. The largest absolute Gasteiger partial charge is 0.332 e. The smallest absolute Gasteiger partial charge is 0.321 e. The summed E-state index contributed by atoms with van der Waals surface area (Å²) < 4.78 is 1.83. The quantitative estimate of drug-likeness (QED) is 0.726. The van der Waals surface area contributed by atoms with E-state index < -0.39 is 5.25 Å². The predicted octanol–water partition coefficient (Wildman–Crippen LogP) is 3.02. The van der Waals surface area contributed by atoms with E-state index in [0.717, 1.165) is 48.5 Å². The van der Waals surface area contributed by atoms with Crippen LogP contribution in [-0.2, 0) is 4.79 Å². The van der Waals surface area contributed by atoms with E-state index in [-0.39, 0.29) is 17.5 Å². The molecule has 0 aliphatic heterocycles. The fourth-order valence-electron chi connectivity index (χ4n) is 6.24. The molecule has 0 radical (unpaired) electrons. The molecule has 2 aromatic heterocycles. The summed E-state index contributed by atoms with van der Waals surface area (Å²) in [7, 11) is 0. The van der Waals surface area contributed by atoms with E-state index in [2.05, 4.69) is 25.8 Å². The Bertz CT molecular complexity index is 983. The van der Waals surface area contributed by atoms with Gasteiger partial charge in [-0.3, -0.25) is 14.5 Å². The van der Waals surface area contributed by atoms with Crippen molar-refractivity contribution in [3.63, 3.8) is 0 Å². The number of hydrogen-bond donors (Lipinski definition) is 2. The Morgan fingerprint density at radius 1 is 1.13 bits per heavy atom. The Balaban J connectivity index is 1.22. The summed E-state index contributed by atoms with van der Waals surface area (Å²) in [5, 5.41) is 14.2. The third-order valence-corrected chi connectivity index (χ3v) is 8.01. The molecule has 4 aliphatic rings. The summed E-state index contributed by atoms with van der Waals surface area (Å²) in [5.41, 5.74) is 1.46. The van der Waals surface area contributed by atoms with Crippen LogP contribution in [-0.4, -0.2) is 42.3 Å². The van der Waals surface area contributed by atoms with E-state index in [4.69, 9.17) is 0 Å². The summed E-state index contributed by atoms with van der Waals surface area (Å²) in [6.07, 6.45) is 7.12. The zero-order chi connectivity index (χ0) is 21.0. The number of rotatable bonds is 4. The average molecular weight is 429 g/mol. The van der Waals surface area contributed by atoms with Gasteiger partial charge in [-0.15, -0.1) is 10.2 Å². The van der Waals surface area contributed by atoms with E-state index in [1.807, 2.05) is 24.3 Å². The van der Waals surface area contributed by atoms with Gasteiger partial charge in [0.15, 0.2) is 10.8 Å². The molecule has 4 fully saturated rings. The first kappa shape index (κ1) is 19.8. The first-order valence-electron chi connectivity index (χ1n) is 10.8. The van der Waals surface area contributed by atoms with Gasteiger partial charge in [-0.05, 0) is 77.0 Å². The Morgan fingerprint density at radius 2 is 1.77 bits per heavy atom. The van der Waals surface area contributed by atoms with Crippen molar-refractivity contribution in [2.24, 2.45) is 17.8 Å². The molecular weight excluding hydrogens is 400 g/mol. The number of urea groups is 1. The maximum absolute atomic E-state index is 12.7. The first-order chi connectivity index (χ1) is 14.3. The highest BCUT2D eigenvalue weighted by molar-refractivity contribution is 8.00. The van der Waals surface area contributed by atoms with E-state index in [1.165, 1.54) is 31.0 Å². The summed E-state index contributed by atoms with van der Waals surface area (Å²) in [5.74, 6) is 2.66. The van der Waals surface area contributed by atoms with Crippen LogP contribution < -0.4 is 10.6 Å². The third-order valence-electron chi connectivity index (χ3n) is 6.96. The first-order valence-corrected chi connectivity index (χ1v) is 11.7. The number of amides is 3. The van der Waals surface area contributed by atoms with Crippen molar-refractivity contribution in [1.82, 2.24) is 30.2 Å². The zero-order valence-electron chi connectivity index (χ0n) is 17.6. The molecular formula is C21H28N6O2S. The Labute approximate surface area is 180 Å². The van der Waals surface area contributed by atoms with Gasteiger partial charge in [0, 0.05) is 17.3 Å². The highest BCUT2D eigenvalue weighted by atomic mass is 32.2. The second-order valence-electron chi connectivity index (χ2n) is 9.52. The number of aromatic nitrogens is 4. The minimum atomic E-state index is -0.486. The third kappa shape index (κ3) is 3.57. The van der Waals surface area contributed by atoms with Gasteiger partial charge in [-0.2, -0.15) is 0 Å². The van der Waals surface area contributed by atoms with Crippen molar-refractivity contribution < 1.29 is 9.59 Å². The number of carbonyl (C=O) groups is 2. The van der Waals surface area contributed by atoms with Crippen molar-refractivity contribution in [2.75, 3.05) is 0 Å². The molecule has 6 rings (SSSR count). The van der Waals surface area contributed by atoms with Crippen LogP contribution in [0.1, 0.15) is 57.0 Å². The molecule has 160 valence electrons. The van der Waals surface area contributed by atoms with Crippen molar-refractivity contribution >= 4 is 29.3 Å². The Kier molecular flexibility index (Phi) is 4.76. The van der Waals surface area contributed by atoms with E-state index >= 15 is 0 Å². The van der Waals surface area contributed by atoms with E-state index in [9.17, 15) is 9.59 Å². The summed E-state index contributed by atoms with van der Waals surface area (Å²) in [4.78, 5) is 29.8. The van der Waals surface area contributed by atoms with Crippen molar-refractivity contribution in [2.45, 2.75) is 75.2 Å². The van der Waals surface area contributed by atoms with Crippen molar-refractivity contribution in [3.8, 4) is 0 Å². The molecule has 4 saturated carbocycles. The van der Waals surface area contributed by atoms with Crippen LogP contribution in [0.25, 0.3) is 5.65 Å². The van der Waals surface area contributed by atoms with Crippen LogP contribution in [0.5, 0.6) is 0 Å². The lowest BCUT2D eigenvalue weighted by Crippen LogP contribution is -2.62. The van der Waals surface area contributed by atoms with Gasteiger partial charge in [-0.1, -0.05) is 11.8 Å². The standard InChI is InChI=1S/C21H28N6O2S/c1-11-4-17-25-26-20(27(17)13(3)22-11)30-12(2)18(28)23-19(29)24-21-8-14-5-15(9-21)7-16(6-14)10-21/h4,12,14-16H,5-10H2,1-3H3,(H2,23,24,28,29). The molecule has 8 nitrogen and oxygen atoms in total. The number of nitrogens with zero attached hydrogens (tertiary/aromatic N) is 4. The topological polar surface area (TPSA) is 101 Å². The minimum Gasteiger partial charge on any atom is -0.332 e. The van der Waals surface area contributed by atoms with Gasteiger partial charge in [0.05, 0.1) is 5.25 Å². The molecule has 0 spiro atoms. The molecule has 3 amide bonds. The molecule has 4 bridgehead atoms. The van der Waals surface area contributed by atoms with Crippen LogP contribution in [0.2, 0.25) is 0 Å². The number of thioether (sulfide) groups is 1. The number of aryl methyl sites for hydroxylation is 2. The minimum absolute atomic E-state index is 0.112. The number of hydrogen-bond acceptors (Lipinski definition) is 6. The molecule has 0 saturated heterocycles. The van der Waals surface area contributed by atoms with Crippen LogP contribution in [0.3, 0.4) is 0 Å². The number of fused-ring (bicyclic) bond motifs is 1. The molecule has 2 aromatic rings. The van der Waals surface area contributed by atoms with Crippen molar-refractivity contribution in [1.29, 1.82) is 0 Å². The van der Waals surface area contributed by atoms with Gasteiger partial charge < -0.3 is 5.32 Å². The lowest BCUT2D eigenvalue weighted by atomic mass is 9.53. The normalized spacial score (nSPS) is 30.4. The summed E-state index contributed by atoms with van der Waals surface area (Å²) >= 11 is 1.28. The van der Waals surface area contributed by atoms with Crippen LogP contribution in [0, 0.1) is 31.6 Å². The molecule has 4 aliphatic carbocycles. The molecule has 2 heterocycles. The van der Waals surface area contributed by atoms with Gasteiger partial charge in [0.2, 0.25) is 5.91 Å². The summed E-state index contributed by atoms with van der Waals surface area (Å²) in [6, 6.07) is 1.49. The van der Waals surface area contributed by atoms with E-state index in [0.29, 0.717) is 10.8 Å². The average Bonchev–Trinajstić information content (AvgIpc) is 3.02. The number of carbonyl (C=O) groups excluding carboxylic acids is 2. The number of imide groups is 1. The maximum Gasteiger partial charge on any atom is 0.321 e. The molecule has 2 N–H and O–H groups in total. The lowest BCUT2D eigenvalue weighted by molar-refractivity contribution is -0.119. The SMILES string of the molecule is Cc1cc2nnc(SC(C)C(=O)NC(=O)NC34CC5CC(CC(C5)C3)C4)n2c(C)n1. The Hall–Kier alpha value is -2.16. The molecule has 1 unspecified atom stereocenters.